The van der Waals surface area contributed by atoms with Crippen LogP contribution < -0.4 is 0 Å². The van der Waals surface area contributed by atoms with Gasteiger partial charge in [-0.25, -0.2) is 9.59 Å². The van der Waals surface area contributed by atoms with E-state index in [9.17, 15) is 29.1 Å². The number of esters is 5. The fourth-order valence-corrected chi connectivity index (χ4v) is 2.81. The Kier molecular flexibility index (Phi) is 23.5. The van der Waals surface area contributed by atoms with E-state index >= 15 is 0 Å². The summed E-state index contributed by atoms with van der Waals surface area (Å²) in [7, 11) is 0. The highest BCUT2D eigenvalue weighted by atomic mass is 32.1. The second-order valence-electron chi connectivity index (χ2n) is 8.67. The van der Waals surface area contributed by atoms with Gasteiger partial charge in [-0.1, -0.05) is 20.1 Å². The minimum atomic E-state index is -1.05. The number of thiol groups is 3. The normalized spacial score (nSPS) is 10.5. The molecule has 0 aliphatic rings. The van der Waals surface area contributed by atoms with E-state index in [0.717, 1.165) is 0 Å². The molecule has 0 heterocycles. The van der Waals surface area contributed by atoms with Gasteiger partial charge in [0.1, 0.15) is 39.1 Å². The van der Waals surface area contributed by atoms with Crippen molar-refractivity contribution in [3.8, 4) is 0 Å². The van der Waals surface area contributed by atoms with Crippen LogP contribution in [-0.2, 0) is 47.7 Å². The second kappa shape index (κ2) is 23.5. The summed E-state index contributed by atoms with van der Waals surface area (Å²) < 4.78 is 25.0. The van der Waals surface area contributed by atoms with Crippen molar-refractivity contribution >= 4 is 67.7 Å². The first-order valence-corrected chi connectivity index (χ1v) is 14.3. The van der Waals surface area contributed by atoms with Gasteiger partial charge in [-0.3, -0.25) is 14.4 Å². The van der Waals surface area contributed by atoms with E-state index in [1.54, 1.807) is 0 Å². The SMILES string of the molecule is C=C(C)C(=O)OCC(O)COC(=O)C(=C)C.CCC(COC(=O)CCS)(COC(=O)CCS)COC(=O)CCS. The Labute approximate surface area is 252 Å². The Morgan fingerprint density at radius 2 is 0.975 bits per heavy atom. The van der Waals surface area contributed by atoms with Gasteiger partial charge in [0.05, 0.1) is 24.7 Å². The molecule has 0 aromatic carbocycles. The van der Waals surface area contributed by atoms with Crippen LogP contribution in [0.5, 0.6) is 0 Å². The summed E-state index contributed by atoms with van der Waals surface area (Å²) >= 11 is 11.9. The third-order valence-electron chi connectivity index (χ3n) is 4.83. The number of aliphatic hydroxyl groups is 1. The Hall–Kier alpha value is -2.16. The number of aliphatic hydroxyl groups excluding tert-OH is 1. The minimum absolute atomic E-state index is 0.00157. The fourth-order valence-electron chi connectivity index (χ4n) is 2.26. The maximum atomic E-state index is 11.6. The van der Waals surface area contributed by atoms with E-state index in [2.05, 4.69) is 60.5 Å². The molecule has 0 bridgehead atoms. The van der Waals surface area contributed by atoms with Crippen LogP contribution in [0.3, 0.4) is 0 Å². The Bertz CT molecular complexity index is 761. The molecule has 14 heteroatoms. The average Bonchev–Trinajstić information content (AvgIpc) is 2.90. The van der Waals surface area contributed by atoms with Crippen LogP contribution >= 0.6 is 37.9 Å². The van der Waals surface area contributed by atoms with E-state index in [0.29, 0.717) is 23.7 Å². The summed E-state index contributed by atoms with van der Waals surface area (Å²) in [4.78, 5) is 56.6. The van der Waals surface area contributed by atoms with E-state index in [4.69, 9.17) is 14.2 Å². The van der Waals surface area contributed by atoms with E-state index < -0.39 is 41.4 Å². The van der Waals surface area contributed by atoms with Crippen molar-refractivity contribution in [3.63, 3.8) is 0 Å². The Morgan fingerprint density at radius 3 is 1.20 bits per heavy atom. The highest BCUT2D eigenvalue weighted by Crippen LogP contribution is 2.25. The van der Waals surface area contributed by atoms with Crippen molar-refractivity contribution in [2.24, 2.45) is 5.41 Å². The van der Waals surface area contributed by atoms with E-state index in [-0.39, 0.29) is 63.4 Å². The first-order chi connectivity index (χ1) is 18.8. The molecule has 0 saturated carbocycles. The van der Waals surface area contributed by atoms with Gasteiger partial charge in [0, 0.05) is 28.4 Å². The van der Waals surface area contributed by atoms with Gasteiger partial charge < -0.3 is 28.8 Å². The summed E-state index contributed by atoms with van der Waals surface area (Å²) in [5, 5.41) is 9.30. The summed E-state index contributed by atoms with van der Waals surface area (Å²) in [6.45, 7) is 11.1. The molecule has 11 nitrogen and oxygen atoms in total. The Balaban J connectivity index is 0. The maximum absolute atomic E-state index is 11.6. The molecule has 0 aliphatic heterocycles. The van der Waals surface area contributed by atoms with Crippen LogP contribution in [0.1, 0.15) is 46.5 Å². The molecule has 1 N–H and O–H groups in total. The lowest BCUT2D eigenvalue weighted by Gasteiger charge is -2.31. The third-order valence-corrected chi connectivity index (χ3v) is 5.50. The van der Waals surface area contributed by atoms with Crippen molar-refractivity contribution in [3.05, 3.63) is 24.3 Å². The van der Waals surface area contributed by atoms with Gasteiger partial charge in [-0.05, 0) is 20.3 Å². The van der Waals surface area contributed by atoms with Crippen molar-refractivity contribution in [1.29, 1.82) is 0 Å². The topological polar surface area (TPSA) is 152 Å². The predicted octanol–water partition coefficient (Wildman–Crippen LogP) is 2.56. The van der Waals surface area contributed by atoms with Crippen LogP contribution in [-0.4, -0.2) is 91.3 Å². The summed E-state index contributed by atoms with van der Waals surface area (Å²) in [6.07, 6.45) is 0.000977. The summed E-state index contributed by atoms with van der Waals surface area (Å²) in [5.41, 5.74) is -0.289. The maximum Gasteiger partial charge on any atom is 0.333 e. The first kappa shape index (κ1) is 40.0. The van der Waals surface area contributed by atoms with Crippen molar-refractivity contribution in [1.82, 2.24) is 0 Å². The molecule has 0 fully saturated rings. The van der Waals surface area contributed by atoms with Gasteiger partial charge in [0.15, 0.2) is 0 Å². The zero-order valence-corrected chi connectivity index (χ0v) is 26.0. The van der Waals surface area contributed by atoms with Crippen LogP contribution in [0.25, 0.3) is 0 Å². The van der Waals surface area contributed by atoms with Crippen LogP contribution in [0.4, 0.5) is 0 Å². The second-order valence-corrected chi connectivity index (χ2v) is 10.0. The highest BCUT2D eigenvalue weighted by molar-refractivity contribution is 7.80. The predicted molar refractivity (Wildman–Crippen MR) is 159 cm³/mol. The lowest BCUT2D eigenvalue weighted by atomic mass is 9.88. The van der Waals surface area contributed by atoms with Gasteiger partial charge >= 0.3 is 29.8 Å². The van der Waals surface area contributed by atoms with Crippen molar-refractivity contribution in [2.75, 3.05) is 50.3 Å². The zero-order chi connectivity index (χ0) is 31.1. The van der Waals surface area contributed by atoms with Crippen LogP contribution in [0.2, 0.25) is 0 Å². The standard InChI is InChI=1S/C15H26O6S3.C11H16O5/c1-2-15(9-19-12(16)3-6-22,10-20-13(17)4-7-23)11-21-14(18)5-8-24;1-7(2)10(13)15-5-9(12)6-16-11(14)8(3)4/h22-24H,2-11H2,1H3;9,12H,1,3,5-6H2,2,4H3. The zero-order valence-electron chi connectivity index (χ0n) is 23.3. The minimum Gasteiger partial charge on any atom is -0.465 e. The van der Waals surface area contributed by atoms with Crippen molar-refractivity contribution < 1.29 is 52.8 Å². The number of ether oxygens (including phenoxy) is 5. The lowest BCUT2D eigenvalue weighted by Crippen LogP contribution is -2.39. The molecule has 230 valence electrons. The van der Waals surface area contributed by atoms with E-state index in [1.807, 2.05) is 6.92 Å². The number of hydrogen-bond donors (Lipinski definition) is 4. The number of carbonyl (C=O) groups is 5. The van der Waals surface area contributed by atoms with Gasteiger partial charge in [-0.2, -0.15) is 37.9 Å². The molecular weight excluding hydrogens is 584 g/mol. The van der Waals surface area contributed by atoms with Crippen LogP contribution in [0.15, 0.2) is 24.3 Å². The molecule has 0 amide bonds. The van der Waals surface area contributed by atoms with Gasteiger partial charge in [-0.15, -0.1) is 0 Å². The molecule has 0 radical (unpaired) electrons. The molecule has 0 aromatic heterocycles. The van der Waals surface area contributed by atoms with Gasteiger partial charge in [0.2, 0.25) is 0 Å². The molecule has 0 aliphatic carbocycles. The molecule has 0 atom stereocenters. The smallest absolute Gasteiger partial charge is 0.333 e. The van der Waals surface area contributed by atoms with Gasteiger partial charge in [0.25, 0.3) is 0 Å². The third kappa shape index (κ3) is 20.7. The molecule has 0 unspecified atom stereocenters. The number of carbonyl (C=O) groups excluding carboxylic acids is 5. The highest BCUT2D eigenvalue weighted by Gasteiger charge is 2.34. The monoisotopic (exact) mass is 626 g/mol. The Morgan fingerprint density at radius 1 is 0.675 bits per heavy atom. The average molecular weight is 627 g/mol. The molecule has 0 aromatic rings. The fraction of sp³-hybridized carbons (Fsp3) is 0.654. The quantitative estimate of drug-likeness (QED) is 0.0725. The summed E-state index contributed by atoms with van der Waals surface area (Å²) in [6, 6.07) is 0. The van der Waals surface area contributed by atoms with Crippen molar-refractivity contribution in [2.45, 2.75) is 52.6 Å². The van der Waals surface area contributed by atoms with E-state index in [1.165, 1.54) is 13.8 Å². The largest absolute Gasteiger partial charge is 0.465 e. The molecule has 0 saturated heterocycles. The molecule has 0 rings (SSSR count). The lowest BCUT2D eigenvalue weighted by molar-refractivity contribution is -0.162. The number of hydrogen-bond acceptors (Lipinski definition) is 14. The van der Waals surface area contributed by atoms with Crippen LogP contribution in [0, 0.1) is 5.41 Å². The first-order valence-electron chi connectivity index (χ1n) is 12.4. The summed E-state index contributed by atoms with van der Waals surface area (Å²) in [5.74, 6) is -1.23. The molecule has 40 heavy (non-hydrogen) atoms. The number of rotatable bonds is 19. The molecular formula is C26H42O11S3. The molecule has 0 spiro atoms.